The molecule has 1 aliphatic heterocycles. The van der Waals surface area contributed by atoms with E-state index in [0.717, 1.165) is 55.3 Å². The summed E-state index contributed by atoms with van der Waals surface area (Å²) in [6.45, 7) is 4.17. The minimum absolute atomic E-state index is 0.336. The molecule has 2 heterocycles. The molecule has 1 aliphatic rings. The molecule has 4 nitrogen and oxygen atoms in total. The van der Waals surface area contributed by atoms with Crippen molar-refractivity contribution in [3.05, 3.63) is 21.7 Å². The summed E-state index contributed by atoms with van der Waals surface area (Å²) in [5.41, 5.74) is 0. The fourth-order valence-corrected chi connectivity index (χ4v) is 2.41. The predicted octanol–water partition coefficient (Wildman–Crippen LogP) is 2.56. The summed E-state index contributed by atoms with van der Waals surface area (Å²) < 4.78 is 17.5. The number of hydrogen-bond donors (Lipinski definition) is 1. The molecule has 2 rings (SSSR count). The van der Waals surface area contributed by atoms with Gasteiger partial charge in [-0.3, -0.25) is 0 Å². The maximum absolute atomic E-state index is 5.58. The van der Waals surface area contributed by atoms with E-state index in [4.69, 9.17) is 13.9 Å². The molecule has 102 valence electrons. The van der Waals surface area contributed by atoms with E-state index >= 15 is 0 Å². The van der Waals surface area contributed by atoms with Gasteiger partial charge in [0.2, 0.25) is 0 Å². The van der Waals surface area contributed by atoms with Gasteiger partial charge in [0.25, 0.3) is 0 Å². The van der Waals surface area contributed by atoms with Gasteiger partial charge in [0.05, 0.1) is 19.3 Å². The Balaban J connectivity index is 1.41. The van der Waals surface area contributed by atoms with E-state index in [2.05, 4.69) is 27.9 Å². The van der Waals surface area contributed by atoms with Gasteiger partial charge in [-0.15, -0.1) is 0 Å². The monoisotopic (exact) mass is 365 g/mol. The van der Waals surface area contributed by atoms with Crippen molar-refractivity contribution in [2.75, 3.05) is 26.4 Å². The molecule has 1 saturated heterocycles. The molecule has 0 aromatic carbocycles. The van der Waals surface area contributed by atoms with Crippen molar-refractivity contribution in [2.45, 2.75) is 31.9 Å². The Morgan fingerprint density at radius 1 is 1.44 bits per heavy atom. The van der Waals surface area contributed by atoms with E-state index in [1.165, 1.54) is 6.42 Å². The van der Waals surface area contributed by atoms with E-state index in [-0.39, 0.29) is 0 Å². The smallest absolute Gasteiger partial charge is 0.164 e. The Labute approximate surface area is 122 Å². The fourth-order valence-electron chi connectivity index (χ4n) is 1.95. The minimum Gasteiger partial charge on any atom is -0.454 e. The van der Waals surface area contributed by atoms with Crippen LogP contribution in [0.5, 0.6) is 0 Å². The third kappa shape index (κ3) is 5.26. The normalized spacial score (nSPS) is 19.5. The first kappa shape index (κ1) is 14.3. The first-order valence-electron chi connectivity index (χ1n) is 6.49. The molecule has 0 spiro atoms. The van der Waals surface area contributed by atoms with Gasteiger partial charge in [-0.25, -0.2) is 0 Å². The average Bonchev–Trinajstić information content (AvgIpc) is 3.00. The average molecular weight is 365 g/mol. The first-order chi connectivity index (χ1) is 8.84. The van der Waals surface area contributed by atoms with Gasteiger partial charge >= 0.3 is 0 Å². The zero-order valence-corrected chi connectivity index (χ0v) is 12.6. The summed E-state index contributed by atoms with van der Waals surface area (Å²) >= 11 is 2.17. The molecule has 1 aromatic rings. The third-order valence-corrected chi connectivity index (χ3v) is 3.48. The molecule has 0 aliphatic carbocycles. The highest BCUT2D eigenvalue weighted by Crippen LogP contribution is 2.12. The van der Waals surface area contributed by atoms with Gasteiger partial charge < -0.3 is 19.2 Å². The Hall–Kier alpha value is -0.110. The Morgan fingerprint density at radius 2 is 2.39 bits per heavy atom. The van der Waals surface area contributed by atoms with Gasteiger partial charge in [-0.05, 0) is 60.5 Å². The lowest BCUT2D eigenvalue weighted by Crippen LogP contribution is -2.18. The standard InChI is InChI=1S/C13H20INO3/c14-13-5-4-11(18-13)9-15-6-2-7-16-10-12-3-1-8-17-12/h4-5,12,15H,1-3,6-10H2. The number of ether oxygens (including phenoxy) is 2. The van der Waals surface area contributed by atoms with Crippen LogP contribution in [-0.4, -0.2) is 32.5 Å². The summed E-state index contributed by atoms with van der Waals surface area (Å²) in [4.78, 5) is 0. The van der Waals surface area contributed by atoms with Crippen LogP contribution >= 0.6 is 22.6 Å². The lowest BCUT2D eigenvalue weighted by Gasteiger charge is -2.10. The SMILES string of the molecule is Ic1ccc(CNCCCOCC2CCCO2)o1. The predicted molar refractivity (Wildman–Crippen MR) is 77.5 cm³/mol. The van der Waals surface area contributed by atoms with E-state index in [0.29, 0.717) is 6.10 Å². The summed E-state index contributed by atoms with van der Waals surface area (Å²) in [6, 6.07) is 3.98. The second-order valence-electron chi connectivity index (χ2n) is 4.45. The Bertz CT molecular complexity index is 337. The molecule has 18 heavy (non-hydrogen) atoms. The quantitative estimate of drug-likeness (QED) is 0.568. The van der Waals surface area contributed by atoms with Crippen LogP contribution in [0.15, 0.2) is 16.5 Å². The third-order valence-electron chi connectivity index (χ3n) is 2.90. The van der Waals surface area contributed by atoms with Crippen LogP contribution in [-0.2, 0) is 16.0 Å². The number of rotatable bonds is 8. The zero-order valence-electron chi connectivity index (χ0n) is 10.5. The van der Waals surface area contributed by atoms with E-state index < -0.39 is 0 Å². The summed E-state index contributed by atoms with van der Waals surface area (Å²) in [5.74, 6) is 0.986. The maximum Gasteiger partial charge on any atom is 0.164 e. The lowest BCUT2D eigenvalue weighted by molar-refractivity contribution is 0.0166. The topological polar surface area (TPSA) is 43.6 Å². The second kappa shape index (κ2) is 8.14. The molecule has 5 heteroatoms. The first-order valence-corrected chi connectivity index (χ1v) is 7.57. The molecule has 1 unspecified atom stereocenters. The Kier molecular flexibility index (Phi) is 6.47. The van der Waals surface area contributed by atoms with E-state index in [1.54, 1.807) is 0 Å². The molecule has 1 atom stereocenters. The van der Waals surface area contributed by atoms with Crippen LogP contribution in [0.3, 0.4) is 0 Å². The van der Waals surface area contributed by atoms with Crippen molar-refractivity contribution >= 4 is 22.6 Å². The molecular formula is C13H20INO3. The highest BCUT2D eigenvalue weighted by Gasteiger charge is 2.14. The van der Waals surface area contributed by atoms with Crippen molar-refractivity contribution in [3.8, 4) is 0 Å². The fraction of sp³-hybridized carbons (Fsp3) is 0.692. The van der Waals surface area contributed by atoms with Crippen molar-refractivity contribution in [1.29, 1.82) is 0 Å². The molecule has 1 fully saturated rings. The molecule has 0 radical (unpaired) electrons. The van der Waals surface area contributed by atoms with Crippen molar-refractivity contribution < 1.29 is 13.9 Å². The van der Waals surface area contributed by atoms with Crippen LogP contribution in [0.2, 0.25) is 0 Å². The van der Waals surface area contributed by atoms with Crippen molar-refractivity contribution in [2.24, 2.45) is 0 Å². The summed E-state index contributed by atoms with van der Waals surface area (Å²) in [7, 11) is 0. The molecule has 1 aromatic heterocycles. The highest BCUT2D eigenvalue weighted by molar-refractivity contribution is 14.1. The van der Waals surface area contributed by atoms with Gasteiger partial charge in [0.1, 0.15) is 5.76 Å². The van der Waals surface area contributed by atoms with Crippen LogP contribution in [0, 0.1) is 3.77 Å². The van der Waals surface area contributed by atoms with Crippen molar-refractivity contribution in [3.63, 3.8) is 0 Å². The van der Waals surface area contributed by atoms with Crippen molar-refractivity contribution in [1.82, 2.24) is 5.32 Å². The van der Waals surface area contributed by atoms with Gasteiger partial charge in [-0.1, -0.05) is 0 Å². The van der Waals surface area contributed by atoms with Crippen LogP contribution in [0.1, 0.15) is 25.0 Å². The van der Waals surface area contributed by atoms with Crippen LogP contribution in [0.4, 0.5) is 0 Å². The summed E-state index contributed by atoms with van der Waals surface area (Å²) in [6.07, 6.45) is 3.68. The van der Waals surface area contributed by atoms with E-state index in [9.17, 15) is 0 Å². The van der Waals surface area contributed by atoms with Crippen LogP contribution < -0.4 is 5.32 Å². The lowest BCUT2D eigenvalue weighted by atomic mass is 10.2. The maximum atomic E-state index is 5.58. The molecular weight excluding hydrogens is 345 g/mol. The largest absolute Gasteiger partial charge is 0.454 e. The number of nitrogens with one attached hydrogen (secondary N) is 1. The number of hydrogen-bond acceptors (Lipinski definition) is 4. The number of furan rings is 1. The van der Waals surface area contributed by atoms with Gasteiger partial charge in [-0.2, -0.15) is 0 Å². The highest BCUT2D eigenvalue weighted by atomic mass is 127. The Morgan fingerprint density at radius 3 is 3.11 bits per heavy atom. The zero-order chi connectivity index (χ0) is 12.6. The van der Waals surface area contributed by atoms with Gasteiger partial charge in [0, 0.05) is 13.2 Å². The molecule has 0 amide bonds. The minimum atomic E-state index is 0.336. The molecule has 1 N–H and O–H groups in total. The molecule has 0 bridgehead atoms. The van der Waals surface area contributed by atoms with E-state index in [1.807, 2.05) is 12.1 Å². The molecule has 0 saturated carbocycles. The number of halogens is 1. The van der Waals surface area contributed by atoms with Crippen LogP contribution in [0.25, 0.3) is 0 Å². The summed E-state index contributed by atoms with van der Waals surface area (Å²) in [5, 5.41) is 3.34. The van der Waals surface area contributed by atoms with Gasteiger partial charge in [0.15, 0.2) is 3.77 Å². The second-order valence-corrected chi connectivity index (χ2v) is 5.51.